The van der Waals surface area contributed by atoms with Gasteiger partial charge in [-0.05, 0) is 43.0 Å². The van der Waals surface area contributed by atoms with Crippen molar-refractivity contribution in [3.05, 3.63) is 65.7 Å². The van der Waals surface area contributed by atoms with Crippen molar-refractivity contribution in [2.24, 2.45) is 0 Å². The molecule has 0 radical (unpaired) electrons. The van der Waals surface area contributed by atoms with E-state index in [-0.39, 0.29) is 5.91 Å². The molecule has 0 N–H and O–H groups in total. The zero-order valence-corrected chi connectivity index (χ0v) is 21.1. The second kappa shape index (κ2) is 9.31. The lowest BCUT2D eigenvalue weighted by Crippen LogP contribution is -2.36. The number of fused-ring (bicyclic) bond motifs is 1. The van der Waals surface area contributed by atoms with Crippen molar-refractivity contribution in [1.82, 2.24) is 24.7 Å². The number of nitrogens with zero attached hydrogens (tertiary/aromatic N) is 6. The molecule has 1 aliphatic heterocycles. The van der Waals surface area contributed by atoms with Gasteiger partial charge in [0.05, 0.1) is 38.6 Å². The van der Waals surface area contributed by atoms with E-state index in [9.17, 15) is 4.79 Å². The maximum atomic E-state index is 13.1. The van der Waals surface area contributed by atoms with E-state index < -0.39 is 0 Å². The summed E-state index contributed by atoms with van der Waals surface area (Å²) in [7, 11) is 3.26. The number of hydrogen-bond donors (Lipinski definition) is 0. The highest BCUT2D eigenvalue weighted by molar-refractivity contribution is 5.94. The molecule has 1 saturated carbocycles. The number of carbonyl (C=O) groups excluding carboxylic acids is 1. The van der Waals surface area contributed by atoms with Crippen LogP contribution in [0.4, 0.5) is 5.82 Å². The van der Waals surface area contributed by atoms with Crippen LogP contribution in [-0.2, 0) is 17.9 Å². The molecule has 0 spiro atoms. The quantitative estimate of drug-likeness (QED) is 0.371. The maximum absolute atomic E-state index is 13.1. The number of aromatic nitrogens is 5. The molecule has 1 amide bonds. The first-order chi connectivity index (χ1) is 18.1. The lowest BCUT2D eigenvalue weighted by molar-refractivity contribution is -0.119. The van der Waals surface area contributed by atoms with Crippen molar-refractivity contribution in [2.75, 3.05) is 19.1 Å². The molecular weight excluding hydrogens is 468 g/mol. The highest BCUT2D eigenvalue weighted by Crippen LogP contribution is 2.46. The fourth-order valence-electron chi connectivity index (χ4n) is 5.02. The SMILES string of the molecule is COc1cccnc1-c1ccc(CN2C(=O)CCn3nc(-c4c(OC)ncnc4C4CC4)cc32)cc1C. The number of carbonyl (C=O) groups is 1. The van der Waals surface area contributed by atoms with Gasteiger partial charge in [0.1, 0.15) is 29.3 Å². The Morgan fingerprint density at radius 3 is 2.68 bits per heavy atom. The Kier molecular flexibility index (Phi) is 5.82. The zero-order valence-electron chi connectivity index (χ0n) is 21.1. The second-order valence-corrected chi connectivity index (χ2v) is 9.46. The molecule has 6 rings (SSSR count). The van der Waals surface area contributed by atoms with E-state index in [0.29, 0.717) is 31.3 Å². The van der Waals surface area contributed by atoms with E-state index in [2.05, 4.69) is 27.9 Å². The third-order valence-electron chi connectivity index (χ3n) is 7.01. The smallest absolute Gasteiger partial charge is 0.230 e. The number of aryl methyl sites for hydroxylation is 2. The molecule has 2 aliphatic rings. The molecule has 1 aliphatic carbocycles. The number of pyridine rings is 1. The number of benzene rings is 1. The highest BCUT2D eigenvalue weighted by atomic mass is 16.5. The van der Waals surface area contributed by atoms with Crippen molar-refractivity contribution in [3.63, 3.8) is 0 Å². The first-order valence-electron chi connectivity index (χ1n) is 12.4. The van der Waals surface area contributed by atoms with Crippen molar-refractivity contribution in [3.8, 4) is 34.1 Å². The predicted octanol–water partition coefficient (Wildman–Crippen LogP) is 4.54. The van der Waals surface area contributed by atoms with E-state index in [0.717, 1.165) is 63.7 Å². The number of methoxy groups -OCH3 is 2. The molecule has 3 aromatic heterocycles. The van der Waals surface area contributed by atoms with Crippen molar-refractivity contribution < 1.29 is 14.3 Å². The van der Waals surface area contributed by atoms with Gasteiger partial charge in [-0.1, -0.05) is 18.2 Å². The fraction of sp³-hybridized carbons (Fsp3) is 0.321. The Bertz CT molecular complexity index is 1490. The van der Waals surface area contributed by atoms with Crippen LogP contribution in [0.15, 0.2) is 48.9 Å². The average Bonchev–Trinajstić information content (AvgIpc) is 3.68. The summed E-state index contributed by atoms with van der Waals surface area (Å²) in [5.41, 5.74) is 6.43. The van der Waals surface area contributed by atoms with Gasteiger partial charge in [-0.3, -0.25) is 14.7 Å². The summed E-state index contributed by atoms with van der Waals surface area (Å²) in [5.74, 6) is 2.49. The van der Waals surface area contributed by atoms with Gasteiger partial charge in [-0.2, -0.15) is 5.10 Å². The van der Waals surface area contributed by atoms with Crippen LogP contribution in [0.25, 0.3) is 22.5 Å². The number of rotatable bonds is 7. The molecule has 0 bridgehead atoms. The van der Waals surface area contributed by atoms with Gasteiger partial charge < -0.3 is 9.47 Å². The van der Waals surface area contributed by atoms with E-state index >= 15 is 0 Å². The minimum absolute atomic E-state index is 0.0748. The van der Waals surface area contributed by atoms with Crippen molar-refractivity contribution >= 4 is 11.7 Å². The minimum atomic E-state index is 0.0748. The monoisotopic (exact) mass is 496 g/mol. The van der Waals surface area contributed by atoms with Crippen LogP contribution >= 0.6 is 0 Å². The zero-order chi connectivity index (χ0) is 25.5. The standard InChI is InChI=1S/C28H28N6O3/c1-17-13-18(6-9-20(17)27-22(36-2)5-4-11-29-27)15-33-23-14-21(32-34(23)12-10-24(33)35)25-26(19-7-8-19)30-16-31-28(25)37-3/h4-6,9,11,13-14,16,19H,7-8,10,12,15H2,1-3H3. The average molecular weight is 497 g/mol. The maximum Gasteiger partial charge on any atom is 0.230 e. The summed E-state index contributed by atoms with van der Waals surface area (Å²) in [6.45, 7) is 3.04. The normalized spacial score (nSPS) is 15.0. The van der Waals surface area contributed by atoms with Crippen LogP contribution in [0.5, 0.6) is 11.6 Å². The Morgan fingerprint density at radius 1 is 1.05 bits per heavy atom. The van der Waals surface area contributed by atoms with E-state index in [1.54, 1.807) is 26.7 Å². The number of ether oxygens (including phenoxy) is 2. The molecule has 1 fully saturated rings. The molecule has 9 heteroatoms. The largest absolute Gasteiger partial charge is 0.494 e. The lowest BCUT2D eigenvalue weighted by Gasteiger charge is -2.27. The summed E-state index contributed by atoms with van der Waals surface area (Å²) < 4.78 is 13.0. The Hall–Kier alpha value is -4.27. The molecule has 0 atom stereocenters. The molecule has 4 aromatic rings. The van der Waals surface area contributed by atoms with Crippen LogP contribution < -0.4 is 14.4 Å². The number of anilines is 1. The summed E-state index contributed by atoms with van der Waals surface area (Å²) in [6.07, 6.45) is 5.91. The van der Waals surface area contributed by atoms with Crippen LogP contribution in [-0.4, -0.2) is 44.9 Å². The summed E-state index contributed by atoms with van der Waals surface area (Å²) in [4.78, 5) is 28.3. The predicted molar refractivity (Wildman–Crippen MR) is 139 cm³/mol. The van der Waals surface area contributed by atoms with Crippen LogP contribution in [0.2, 0.25) is 0 Å². The topological polar surface area (TPSA) is 95.3 Å². The second-order valence-electron chi connectivity index (χ2n) is 9.46. The molecule has 0 saturated heterocycles. The summed E-state index contributed by atoms with van der Waals surface area (Å²) >= 11 is 0. The van der Waals surface area contributed by atoms with Crippen molar-refractivity contribution in [2.45, 2.75) is 45.2 Å². The van der Waals surface area contributed by atoms with Crippen LogP contribution in [0.1, 0.15) is 42.0 Å². The number of amides is 1. The fourth-order valence-corrected chi connectivity index (χ4v) is 5.02. The van der Waals surface area contributed by atoms with E-state index in [1.165, 1.54) is 0 Å². The highest BCUT2D eigenvalue weighted by Gasteiger charge is 2.33. The molecule has 37 heavy (non-hydrogen) atoms. The van der Waals surface area contributed by atoms with Crippen LogP contribution in [0, 0.1) is 6.92 Å². The van der Waals surface area contributed by atoms with Gasteiger partial charge in [0.2, 0.25) is 11.8 Å². The molecule has 4 heterocycles. The van der Waals surface area contributed by atoms with Gasteiger partial charge in [0.25, 0.3) is 0 Å². The van der Waals surface area contributed by atoms with Gasteiger partial charge in [-0.15, -0.1) is 0 Å². The summed E-state index contributed by atoms with van der Waals surface area (Å²) in [6, 6.07) is 11.9. The van der Waals surface area contributed by atoms with Gasteiger partial charge in [-0.25, -0.2) is 14.6 Å². The first-order valence-corrected chi connectivity index (χ1v) is 12.4. The van der Waals surface area contributed by atoms with E-state index in [4.69, 9.17) is 14.6 Å². The minimum Gasteiger partial charge on any atom is -0.494 e. The first kappa shape index (κ1) is 23.1. The van der Waals surface area contributed by atoms with Crippen molar-refractivity contribution in [1.29, 1.82) is 0 Å². The summed E-state index contributed by atoms with van der Waals surface area (Å²) in [5, 5.41) is 4.86. The Morgan fingerprint density at radius 2 is 1.92 bits per heavy atom. The van der Waals surface area contributed by atoms with Crippen LogP contribution in [0.3, 0.4) is 0 Å². The Balaban J connectivity index is 1.34. The molecule has 188 valence electrons. The molecule has 0 unspecified atom stereocenters. The third-order valence-corrected chi connectivity index (χ3v) is 7.01. The van der Waals surface area contributed by atoms with Gasteiger partial charge >= 0.3 is 0 Å². The molecule has 1 aromatic carbocycles. The molecule has 9 nitrogen and oxygen atoms in total. The van der Waals surface area contributed by atoms with E-state index in [1.807, 2.05) is 39.9 Å². The van der Waals surface area contributed by atoms with Gasteiger partial charge in [0, 0.05) is 30.2 Å². The third kappa shape index (κ3) is 4.20. The Labute approximate surface area is 215 Å². The lowest BCUT2D eigenvalue weighted by atomic mass is 10.0. The number of hydrogen-bond acceptors (Lipinski definition) is 7. The van der Waals surface area contributed by atoms with Gasteiger partial charge in [0.15, 0.2) is 0 Å². The molecular formula is C28H28N6O3.